The largest absolute Gasteiger partial charge is 0.339 e. The lowest BCUT2D eigenvalue weighted by Gasteiger charge is -2.30. The molecule has 0 aromatic heterocycles. The van der Waals surface area contributed by atoms with Crippen molar-refractivity contribution in [3.63, 3.8) is 0 Å². The molecule has 1 aliphatic rings. The summed E-state index contributed by atoms with van der Waals surface area (Å²) in [6.07, 6.45) is 2.12. The van der Waals surface area contributed by atoms with E-state index in [1.54, 1.807) is 18.0 Å². The first-order valence-corrected chi connectivity index (χ1v) is 10.8. The van der Waals surface area contributed by atoms with Crippen molar-refractivity contribution in [2.45, 2.75) is 33.2 Å². The molecule has 0 saturated carbocycles. The zero-order chi connectivity index (χ0) is 21.0. The number of likely N-dealkylation sites (tertiary alicyclic amines) is 1. The van der Waals surface area contributed by atoms with Gasteiger partial charge in [0.25, 0.3) is 5.91 Å². The van der Waals surface area contributed by atoms with Gasteiger partial charge in [-0.2, -0.15) is 0 Å². The summed E-state index contributed by atoms with van der Waals surface area (Å²) in [6.45, 7) is 6.28. The highest BCUT2D eigenvalue weighted by atomic mass is 79.9. The maximum atomic E-state index is 12.8. The number of nitrogens with zero attached hydrogens (tertiary/aromatic N) is 2. The number of hydrogen-bond donors (Lipinski definition) is 1. The second-order valence-corrected chi connectivity index (χ2v) is 8.74. The Morgan fingerprint density at radius 2 is 1.86 bits per heavy atom. The number of benzene rings is 2. The summed E-state index contributed by atoms with van der Waals surface area (Å²) < 4.78 is 0.978. The summed E-state index contributed by atoms with van der Waals surface area (Å²) in [5.74, 6) is 0.760. The summed E-state index contributed by atoms with van der Waals surface area (Å²) in [5, 5.41) is 2.95. The number of halogens is 1. The van der Waals surface area contributed by atoms with Crippen molar-refractivity contribution in [2.24, 2.45) is 5.92 Å². The minimum atomic E-state index is -0.187. The van der Waals surface area contributed by atoms with E-state index < -0.39 is 0 Å². The fourth-order valence-electron chi connectivity index (χ4n) is 3.50. The number of piperidine rings is 1. The summed E-state index contributed by atoms with van der Waals surface area (Å²) >= 11 is 3.52. The van der Waals surface area contributed by atoms with Crippen LogP contribution in [0.15, 0.2) is 46.9 Å². The third-order valence-electron chi connectivity index (χ3n) is 5.50. The molecule has 1 fully saturated rings. The molecule has 0 spiro atoms. The third kappa shape index (κ3) is 5.38. The summed E-state index contributed by atoms with van der Waals surface area (Å²) in [7, 11) is 1.76. The van der Waals surface area contributed by atoms with Gasteiger partial charge in [-0.05, 0) is 61.1 Å². The molecule has 154 valence electrons. The molecule has 0 unspecified atom stereocenters. The van der Waals surface area contributed by atoms with Gasteiger partial charge in [0.2, 0.25) is 0 Å². The molecule has 3 rings (SSSR count). The normalized spacial score (nSPS) is 14.6. The van der Waals surface area contributed by atoms with Crippen LogP contribution >= 0.6 is 15.9 Å². The van der Waals surface area contributed by atoms with Crippen LogP contribution < -0.4 is 5.32 Å². The lowest BCUT2D eigenvalue weighted by Crippen LogP contribution is -2.38. The number of rotatable bonds is 4. The van der Waals surface area contributed by atoms with Gasteiger partial charge in [-0.1, -0.05) is 41.1 Å². The van der Waals surface area contributed by atoms with Crippen molar-refractivity contribution in [1.82, 2.24) is 9.80 Å². The number of nitrogens with one attached hydrogen (secondary N) is 1. The van der Waals surface area contributed by atoms with Crippen molar-refractivity contribution < 1.29 is 9.59 Å². The van der Waals surface area contributed by atoms with Crippen LogP contribution in [0.25, 0.3) is 0 Å². The van der Waals surface area contributed by atoms with E-state index in [1.807, 2.05) is 48.2 Å². The molecule has 0 radical (unpaired) electrons. The monoisotopic (exact) mass is 457 g/mol. The Hall–Kier alpha value is -2.34. The highest BCUT2D eigenvalue weighted by Crippen LogP contribution is 2.22. The van der Waals surface area contributed by atoms with Gasteiger partial charge in [0.15, 0.2) is 0 Å². The van der Waals surface area contributed by atoms with E-state index in [9.17, 15) is 9.59 Å². The highest BCUT2D eigenvalue weighted by molar-refractivity contribution is 9.10. The van der Waals surface area contributed by atoms with Gasteiger partial charge >= 0.3 is 6.03 Å². The number of hydrogen-bond acceptors (Lipinski definition) is 2. The first-order valence-electron chi connectivity index (χ1n) is 10.0. The summed E-state index contributed by atoms with van der Waals surface area (Å²) in [5.41, 5.74) is 3.32. The smallest absolute Gasteiger partial charge is 0.321 e. The number of carbonyl (C=O) groups excluding carboxylic acids is 2. The molecule has 1 N–H and O–H groups in total. The Kier molecular flexibility index (Phi) is 6.96. The van der Waals surface area contributed by atoms with E-state index in [0.717, 1.165) is 47.2 Å². The van der Waals surface area contributed by atoms with Gasteiger partial charge < -0.3 is 15.1 Å². The van der Waals surface area contributed by atoms with Gasteiger partial charge in [-0.3, -0.25) is 4.79 Å². The molecule has 1 aliphatic heterocycles. The van der Waals surface area contributed by atoms with Crippen molar-refractivity contribution >= 4 is 33.6 Å². The number of aryl methyl sites for hydroxylation is 1. The Balaban J connectivity index is 1.63. The van der Waals surface area contributed by atoms with Gasteiger partial charge in [-0.15, -0.1) is 0 Å². The molecule has 29 heavy (non-hydrogen) atoms. The number of amides is 3. The Morgan fingerprint density at radius 3 is 2.52 bits per heavy atom. The number of urea groups is 1. The molecule has 2 aromatic carbocycles. The molecule has 1 heterocycles. The van der Waals surface area contributed by atoms with Crippen LogP contribution in [0.5, 0.6) is 0 Å². The van der Waals surface area contributed by atoms with Crippen LogP contribution in [-0.2, 0) is 6.54 Å². The van der Waals surface area contributed by atoms with Crippen molar-refractivity contribution in [3.8, 4) is 0 Å². The molecular weight excluding hydrogens is 430 g/mol. The van der Waals surface area contributed by atoms with E-state index in [-0.39, 0.29) is 11.9 Å². The van der Waals surface area contributed by atoms with E-state index in [2.05, 4.69) is 28.2 Å². The van der Waals surface area contributed by atoms with Crippen LogP contribution in [0.4, 0.5) is 10.5 Å². The first-order chi connectivity index (χ1) is 13.8. The second-order valence-electron chi connectivity index (χ2n) is 7.88. The lowest BCUT2D eigenvalue weighted by molar-refractivity contribution is 0.0697. The van der Waals surface area contributed by atoms with Crippen LogP contribution in [0, 0.1) is 12.8 Å². The average molecular weight is 458 g/mol. The minimum Gasteiger partial charge on any atom is -0.339 e. The second kappa shape index (κ2) is 9.44. The Bertz CT molecular complexity index is 891. The predicted molar refractivity (Wildman–Crippen MR) is 120 cm³/mol. The quantitative estimate of drug-likeness (QED) is 0.677. The summed E-state index contributed by atoms with van der Waals surface area (Å²) in [4.78, 5) is 28.9. The van der Waals surface area contributed by atoms with Crippen molar-refractivity contribution in [3.05, 3.63) is 63.6 Å². The van der Waals surface area contributed by atoms with Crippen LogP contribution in [0.3, 0.4) is 0 Å². The molecule has 1 saturated heterocycles. The molecular formula is C23H28BrN3O2. The van der Waals surface area contributed by atoms with Gasteiger partial charge in [0, 0.05) is 42.4 Å². The van der Waals surface area contributed by atoms with Gasteiger partial charge in [0.1, 0.15) is 0 Å². The Morgan fingerprint density at radius 1 is 1.17 bits per heavy atom. The highest BCUT2D eigenvalue weighted by Gasteiger charge is 2.22. The molecule has 0 atom stereocenters. The Labute approximate surface area is 181 Å². The molecule has 3 amide bonds. The van der Waals surface area contributed by atoms with Crippen LogP contribution in [-0.4, -0.2) is 41.9 Å². The first kappa shape index (κ1) is 21.4. The van der Waals surface area contributed by atoms with Crippen LogP contribution in [0.2, 0.25) is 0 Å². The molecule has 0 bridgehead atoms. The molecule has 0 aliphatic carbocycles. The van der Waals surface area contributed by atoms with Crippen molar-refractivity contribution in [2.75, 3.05) is 25.5 Å². The number of anilines is 1. The topological polar surface area (TPSA) is 52.7 Å². The standard InChI is InChI=1S/C23H28BrN3O2/c1-16-10-12-27(13-11-16)22(28)18-8-9-21(17(2)14-18)25-23(29)26(3)15-19-6-4-5-7-20(19)24/h4-9,14,16H,10-13,15H2,1-3H3,(H,25,29). The van der Waals surface area contributed by atoms with E-state index in [0.29, 0.717) is 18.0 Å². The van der Waals surface area contributed by atoms with E-state index in [4.69, 9.17) is 0 Å². The minimum absolute atomic E-state index is 0.0731. The molecule has 2 aromatic rings. The van der Waals surface area contributed by atoms with Gasteiger partial charge in [-0.25, -0.2) is 4.79 Å². The fourth-order valence-corrected chi connectivity index (χ4v) is 3.91. The van der Waals surface area contributed by atoms with E-state index >= 15 is 0 Å². The maximum Gasteiger partial charge on any atom is 0.321 e. The maximum absolute atomic E-state index is 12.8. The predicted octanol–water partition coefficient (Wildman–Crippen LogP) is 5.29. The number of carbonyl (C=O) groups is 2. The molecule has 6 heteroatoms. The third-order valence-corrected chi connectivity index (χ3v) is 6.27. The lowest BCUT2D eigenvalue weighted by atomic mass is 9.98. The average Bonchev–Trinajstić information content (AvgIpc) is 2.71. The SMILES string of the molecule is Cc1cc(C(=O)N2CCC(C)CC2)ccc1NC(=O)N(C)Cc1ccccc1Br. The van der Waals surface area contributed by atoms with Gasteiger partial charge in [0.05, 0.1) is 0 Å². The van der Waals surface area contributed by atoms with E-state index in [1.165, 1.54) is 0 Å². The fraction of sp³-hybridized carbons (Fsp3) is 0.391. The zero-order valence-electron chi connectivity index (χ0n) is 17.2. The van der Waals surface area contributed by atoms with Crippen molar-refractivity contribution in [1.29, 1.82) is 0 Å². The van der Waals surface area contributed by atoms with Crippen LogP contribution in [0.1, 0.15) is 41.3 Å². The molecule has 5 nitrogen and oxygen atoms in total. The summed E-state index contributed by atoms with van der Waals surface area (Å²) in [6, 6.07) is 13.1. The zero-order valence-corrected chi connectivity index (χ0v) is 18.8.